The molecule has 0 heterocycles. The van der Waals surface area contributed by atoms with Gasteiger partial charge in [0.1, 0.15) is 11.8 Å². The Labute approximate surface area is 111 Å². The van der Waals surface area contributed by atoms with Gasteiger partial charge in [0.05, 0.1) is 6.61 Å². The maximum absolute atomic E-state index is 11.9. The maximum Gasteiger partial charge on any atom is 0.245 e. The molecule has 1 aromatic rings. The van der Waals surface area contributed by atoms with E-state index < -0.39 is 6.04 Å². The summed E-state index contributed by atoms with van der Waals surface area (Å²) in [6, 6.07) is 5.79. The molecule has 0 aliphatic heterocycles. The fourth-order valence-electron chi connectivity index (χ4n) is 1.52. The highest BCUT2D eigenvalue weighted by Gasteiger charge is 2.18. The Bertz CT molecular complexity index is 431. The van der Waals surface area contributed by atoms with Crippen molar-refractivity contribution in [3.63, 3.8) is 0 Å². The van der Waals surface area contributed by atoms with Crippen molar-refractivity contribution in [1.29, 1.82) is 0 Å². The molecule has 1 rings (SSSR count). The van der Waals surface area contributed by atoms with Crippen molar-refractivity contribution in [3.8, 4) is 5.75 Å². The number of carbonyl (C=O) groups is 2. The van der Waals surface area contributed by atoms with Crippen molar-refractivity contribution in [1.82, 2.24) is 10.6 Å². The normalized spacial score (nSPS) is 11.7. The van der Waals surface area contributed by atoms with Crippen molar-refractivity contribution < 1.29 is 19.4 Å². The van der Waals surface area contributed by atoms with Gasteiger partial charge >= 0.3 is 0 Å². The van der Waals surface area contributed by atoms with Crippen LogP contribution < -0.4 is 10.6 Å². The zero-order valence-electron chi connectivity index (χ0n) is 11.0. The SMILES string of the molecule is COC[C@@H](NC(C)=O)C(=O)NCc1ccc(O)cc1. The number of hydrogen-bond donors (Lipinski definition) is 3. The average Bonchev–Trinajstić information content (AvgIpc) is 2.37. The Morgan fingerprint density at radius 2 is 1.95 bits per heavy atom. The molecule has 0 radical (unpaired) electrons. The van der Waals surface area contributed by atoms with Gasteiger partial charge < -0.3 is 20.5 Å². The molecule has 104 valence electrons. The predicted octanol–water partition coefficient (Wildman–Crippen LogP) is 0.160. The van der Waals surface area contributed by atoms with Crippen LogP contribution in [-0.2, 0) is 20.9 Å². The third-order valence-electron chi connectivity index (χ3n) is 2.43. The van der Waals surface area contributed by atoms with Crippen molar-refractivity contribution in [2.75, 3.05) is 13.7 Å². The summed E-state index contributed by atoms with van der Waals surface area (Å²) in [7, 11) is 1.46. The third kappa shape index (κ3) is 5.39. The van der Waals surface area contributed by atoms with Gasteiger partial charge in [0.25, 0.3) is 0 Å². The Hall–Kier alpha value is -2.08. The van der Waals surface area contributed by atoms with E-state index in [0.717, 1.165) is 5.56 Å². The Morgan fingerprint density at radius 3 is 2.47 bits per heavy atom. The van der Waals surface area contributed by atoms with Crippen molar-refractivity contribution in [3.05, 3.63) is 29.8 Å². The van der Waals surface area contributed by atoms with Gasteiger partial charge in [-0.15, -0.1) is 0 Å². The molecule has 19 heavy (non-hydrogen) atoms. The summed E-state index contributed by atoms with van der Waals surface area (Å²) in [4.78, 5) is 22.8. The molecule has 0 unspecified atom stereocenters. The summed E-state index contributed by atoms with van der Waals surface area (Å²) in [6.45, 7) is 1.77. The molecule has 0 bridgehead atoms. The topological polar surface area (TPSA) is 87.7 Å². The second-order valence-corrected chi connectivity index (χ2v) is 4.09. The first kappa shape index (κ1) is 15.0. The number of phenolic OH excluding ortho intramolecular Hbond substituents is 1. The third-order valence-corrected chi connectivity index (χ3v) is 2.43. The molecule has 6 nitrogen and oxygen atoms in total. The van der Waals surface area contributed by atoms with E-state index in [1.165, 1.54) is 14.0 Å². The zero-order chi connectivity index (χ0) is 14.3. The number of rotatable bonds is 6. The van der Waals surface area contributed by atoms with Gasteiger partial charge in [0, 0.05) is 20.6 Å². The molecular weight excluding hydrogens is 248 g/mol. The first-order valence-electron chi connectivity index (χ1n) is 5.84. The van der Waals surface area contributed by atoms with Gasteiger partial charge in [-0.3, -0.25) is 9.59 Å². The maximum atomic E-state index is 11.9. The number of aromatic hydroxyl groups is 1. The molecule has 3 N–H and O–H groups in total. The van der Waals surface area contributed by atoms with Crippen molar-refractivity contribution >= 4 is 11.8 Å². The molecule has 1 atom stereocenters. The van der Waals surface area contributed by atoms with E-state index in [1.54, 1.807) is 24.3 Å². The van der Waals surface area contributed by atoms with Crippen LogP contribution in [0.4, 0.5) is 0 Å². The summed E-state index contributed by atoms with van der Waals surface area (Å²) >= 11 is 0. The number of amides is 2. The molecule has 1 aromatic carbocycles. The minimum absolute atomic E-state index is 0.112. The summed E-state index contributed by atoms with van der Waals surface area (Å²) < 4.78 is 4.89. The number of nitrogens with one attached hydrogen (secondary N) is 2. The summed E-state index contributed by atoms with van der Waals surface area (Å²) in [5.41, 5.74) is 0.852. The standard InChI is InChI=1S/C13H18N2O4/c1-9(16)15-12(8-19-2)13(18)14-7-10-3-5-11(17)6-4-10/h3-6,12,17H,7-8H2,1-2H3,(H,14,18)(H,15,16)/t12-/m1/s1. The first-order valence-corrected chi connectivity index (χ1v) is 5.84. The van der Waals surface area contributed by atoms with E-state index in [9.17, 15) is 9.59 Å². The van der Waals surface area contributed by atoms with Crippen LogP contribution in [0, 0.1) is 0 Å². The zero-order valence-corrected chi connectivity index (χ0v) is 11.0. The highest BCUT2D eigenvalue weighted by molar-refractivity contribution is 5.86. The molecule has 2 amide bonds. The smallest absolute Gasteiger partial charge is 0.245 e. The number of benzene rings is 1. The largest absolute Gasteiger partial charge is 0.508 e. The fourth-order valence-corrected chi connectivity index (χ4v) is 1.52. The van der Waals surface area contributed by atoms with Crippen LogP contribution >= 0.6 is 0 Å². The van der Waals surface area contributed by atoms with Gasteiger partial charge in [-0.1, -0.05) is 12.1 Å². The molecule has 0 aliphatic carbocycles. The second-order valence-electron chi connectivity index (χ2n) is 4.09. The van der Waals surface area contributed by atoms with Crippen LogP contribution in [0.15, 0.2) is 24.3 Å². The number of carbonyl (C=O) groups excluding carboxylic acids is 2. The number of methoxy groups -OCH3 is 1. The van der Waals surface area contributed by atoms with Gasteiger partial charge in [0.15, 0.2) is 0 Å². The van der Waals surface area contributed by atoms with Crippen LogP contribution in [0.5, 0.6) is 5.75 Å². The van der Waals surface area contributed by atoms with Crippen LogP contribution in [0.3, 0.4) is 0 Å². The van der Waals surface area contributed by atoms with E-state index in [1.807, 2.05) is 0 Å². The van der Waals surface area contributed by atoms with Gasteiger partial charge in [-0.25, -0.2) is 0 Å². The van der Waals surface area contributed by atoms with Crippen molar-refractivity contribution in [2.45, 2.75) is 19.5 Å². The lowest BCUT2D eigenvalue weighted by Gasteiger charge is -2.16. The molecule has 0 saturated heterocycles. The van der Waals surface area contributed by atoms with Gasteiger partial charge in [-0.2, -0.15) is 0 Å². The first-order chi connectivity index (χ1) is 9.02. The lowest BCUT2D eigenvalue weighted by atomic mass is 10.2. The summed E-state index contributed by atoms with van der Waals surface area (Å²) in [6.07, 6.45) is 0. The molecule has 6 heteroatoms. The lowest BCUT2D eigenvalue weighted by molar-refractivity contribution is -0.129. The monoisotopic (exact) mass is 266 g/mol. The highest BCUT2D eigenvalue weighted by atomic mass is 16.5. The highest BCUT2D eigenvalue weighted by Crippen LogP contribution is 2.09. The molecule has 0 aliphatic rings. The summed E-state index contributed by atoms with van der Waals surface area (Å²) in [5, 5.41) is 14.3. The average molecular weight is 266 g/mol. The van der Waals surface area contributed by atoms with Crippen LogP contribution in [0.25, 0.3) is 0 Å². The lowest BCUT2D eigenvalue weighted by Crippen LogP contribution is -2.48. The quantitative estimate of drug-likeness (QED) is 0.684. The van der Waals surface area contributed by atoms with Crippen LogP contribution in [-0.4, -0.2) is 36.7 Å². The van der Waals surface area contributed by atoms with Crippen LogP contribution in [0.1, 0.15) is 12.5 Å². The van der Waals surface area contributed by atoms with E-state index >= 15 is 0 Å². The van der Waals surface area contributed by atoms with Gasteiger partial charge in [0.2, 0.25) is 11.8 Å². The molecule has 0 saturated carbocycles. The molecule has 0 fully saturated rings. The summed E-state index contributed by atoms with van der Waals surface area (Å²) in [5.74, 6) is -0.433. The number of hydrogen-bond acceptors (Lipinski definition) is 4. The number of phenols is 1. The Kier molecular flexibility index (Phi) is 5.81. The van der Waals surface area contributed by atoms with E-state index in [-0.39, 0.29) is 24.2 Å². The predicted molar refractivity (Wildman–Crippen MR) is 69.4 cm³/mol. The minimum atomic E-state index is -0.709. The Morgan fingerprint density at radius 1 is 1.32 bits per heavy atom. The minimum Gasteiger partial charge on any atom is -0.508 e. The molecule has 0 spiro atoms. The van der Waals surface area contributed by atoms with Crippen molar-refractivity contribution in [2.24, 2.45) is 0 Å². The number of ether oxygens (including phenoxy) is 1. The molecular formula is C13H18N2O4. The van der Waals surface area contributed by atoms with E-state index in [2.05, 4.69) is 10.6 Å². The molecule has 0 aromatic heterocycles. The second kappa shape index (κ2) is 7.38. The van der Waals surface area contributed by atoms with Crippen LogP contribution in [0.2, 0.25) is 0 Å². The fraction of sp³-hybridized carbons (Fsp3) is 0.385. The van der Waals surface area contributed by atoms with Gasteiger partial charge in [-0.05, 0) is 17.7 Å². The van der Waals surface area contributed by atoms with E-state index in [4.69, 9.17) is 9.84 Å². The van der Waals surface area contributed by atoms with E-state index in [0.29, 0.717) is 6.54 Å². The Balaban J connectivity index is 2.51.